The van der Waals surface area contributed by atoms with Crippen molar-refractivity contribution in [1.82, 2.24) is 5.32 Å². The van der Waals surface area contributed by atoms with Crippen LogP contribution >= 0.6 is 0 Å². The highest BCUT2D eigenvalue weighted by molar-refractivity contribution is 5.80. The molecule has 100 valence electrons. The van der Waals surface area contributed by atoms with Gasteiger partial charge in [-0.15, -0.1) is 6.42 Å². The predicted octanol–water partition coefficient (Wildman–Crippen LogP) is 0.629. The molecular formula is C14H15NO4. The Morgan fingerprint density at radius 3 is 3.26 bits per heavy atom. The molecule has 0 bridgehead atoms. The van der Waals surface area contributed by atoms with Crippen molar-refractivity contribution >= 4 is 5.91 Å². The van der Waals surface area contributed by atoms with E-state index in [0.717, 1.165) is 5.56 Å². The largest absolute Gasteiger partial charge is 0.490 e. The van der Waals surface area contributed by atoms with Crippen LogP contribution < -0.4 is 14.8 Å². The zero-order valence-corrected chi connectivity index (χ0v) is 10.6. The van der Waals surface area contributed by atoms with Crippen LogP contribution in [0, 0.1) is 12.3 Å². The minimum absolute atomic E-state index is 0.173. The number of carbonyl (C=O) groups excluding carboxylic acids is 1. The summed E-state index contributed by atoms with van der Waals surface area (Å²) in [6, 6.07) is 5.09. The predicted molar refractivity (Wildman–Crippen MR) is 68.8 cm³/mol. The number of aliphatic hydroxyl groups excluding tert-OH is 1. The van der Waals surface area contributed by atoms with Gasteiger partial charge in [0.1, 0.15) is 24.2 Å². The van der Waals surface area contributed by atoms with Gasteiger partial charge in [0.15, 0.2) is 6.10 Å². The van der Waals surface area contributed by atoms with E-state index in [1.54, 1.807) is 25.1 Å². The molecule has 1 aromatic rings. The number of aliphatic hydroxyl groups is 1. The first kappa shape index (κ1) is 13.2. The zero-order valence-electron chi connectivity index (χ0n) is 10.6. The Balaban J connectivity index is 2.00. The summed E-state index contributed by atoms with van der Waals surface area (Å²) in [4.78, 5) is 11.6. The van der Waals surface area contributed by atoms with Crippen molar-refractivity contribution in [2.75, 3.05) is 13.2 Å². The van der Waals surface area contributed by atoms with Gasteiger partial charge in [-0.05, 0) is 19.1 Å². The summed E-state index contributed by atoms with van der Waals surface area (Å²) in [6.45, 7) is 2.05. The van der Waals surface area contributed by atoms with Gasteiger partial charge in [0.25, 0.3) is 5.91 Å². The van der Waals surface area contributed by atoms with E-state index in [0.29, 0.717) is 11.5 Å². The lowest BCUT2D eigenvalue weighted by Crippen LogP contribution is -2.36. The number of terminal acetylenes is 1. The van der Waals surface area contributed by atoms with Gasteiger partial charge in [-0.1, -0.05) is 5.92 Å². The lowest BCUT2D eigenvalue weighted by Gasteiger charge is -2.14. The number of carbonyl (C=O) groups is 1. The molecule has 5 nitrogen and oxygen atoms in total. The molecule has 5 heteroatoms. The maximum atomic E-state index is 11.6. The van der Waals surface area contributed by atoms with E-state index >= 15 is 0 Å². The first-order valence-electron chi connectivity index (χ1n) is 5.94. The maximum absolute atomic E-state index is 11.6. The number of benzene rings is 1. The summed E-state index contributed by atoms with van der Waals surface area (Å²) in [7, 11) is 0. The lowest BCUT2D eigenvalue weighted by atomic mass is 10.1. The fourth-order valence-electron chi connectivity index (χ4n) is 1.79. The molecule has 1 aromatic carbocycles. The fourth-order valence-corrected chi connectivity index (χ4v) is 1.79. The molecule has 1 aliphatic heterocycles. The van der Waals surface area contributed by atoms with Crippen LogP contribution in [0.1, 0.15) is 18.6 Å². The minimum Gasteiger partial charge on any atom is -0.490 e. The summed E-state index contributed by atoms with van der Waals surface area (Å²) < 4.78 is 10.8. The SMILES string of the molecule is C#CCNC(=O)C(C)Oc1ccc2c(c1)OCC2O. The minimum atomic E-state index is -0.655. The first-order chi connectivity index (χ1) is 9.11. The third kappa shape index (κ3) is 2.98. The van der Waals surface area contributed by atoms with Crippen LogP contribution in [-0.2, 0) is 4.79 Å². The normalized spacial score (nSPS) is 17.8. The van der Waals surface area contributed by atoms with Gasteiger partial charge in [0, 0.05) is 11.6 Å². The Hall–Kier alpha value is -2.19. The smallest absolute Gasteiger partial charge is 0.261 e. The second-order valence-corrected chi connectivity index (χ2v) is 4.21. The quantitative estimate of drug-likeness (QED) is 0.780. The van der Waals surface area contributed by atoms with E-state index in [2.05, 4.69) is 11.2 Å². The fraction of sp³-hybridized carbons (Fsp3) is 0.357. The number of hydrogen-bond acceptors (Lipinski definition) is 4. The summed E-state index contributed by atoms with van der Waals surface area (Å²) in [5.74, 6) is 3.14. The molecule has 2 unspecified atom stereocenters. The Morgan fingerprint density at radius 2 is 2.53 bits per heavy atom. The number of rotatable bonds is 4. The molecule has 0 aromatic heterocycles. The van der Waals surface area contributed by atoms with Gasteiger partial charge < -0.3 is 19.9 Å². The van der Waals surface area contributed by atoms with E-state index in [1.165, 1.54) is 0 Å². The topological polar surface area (TPSA) is 67.8 Å². The Morgan fingerprint density at radius 1 is 1.74 bits per heavy atom. The summed E-state index contributed by atoms with van der Waals surface area (Å²) in [6.07, 6.45) is 3.81. The van der Waals surface area contributed by atoms with E-state index in [1.807, 2.05) is 0 Å². The van der Waals surface area contributed by atoms with Crippen molar-refractivity contribution in [1.29, 1.82) is 0 Å². The average Bonchev–Trinajstić information content (AvgIpc) is 2.77. The van der Waals surface area contributed by atoms with E-state index in [-0.39, 0.29) is 19.1 Å². The standard InChI is InChI=1S/C14H15NO4/c1-3-6-15-14(17)9(2)19-10-4-5-11-12(16)8-18-13(11)7-10/h1,4-5,7,9,12,16H,6,8H2,2H3,(H,15,17). The molecule has 1 aliphatic rings. The second-order valence-electron chi connectivity index (χ2n) is 4.21. The highest BCUT2D eigenvalue weighted by atomic mass is 16.5. The van der Waals surface area contributed by atoms with Gasteiger partial charge >= 0.3 is 0 Å². The second kappa shape index (κ2) is 5.63. The summed E-state index contributed by atoms with van der Waals surface area (Å²) in [5, 5.41) is 12.1. The number of amides is 1. The molecule has 19 heavy (non-hydrogen) atoms. The van der Waals surface area contributed by atoms with Crippen molar-refractivity contribution in [3.63, 3.8) is 0 Å². The molecule has 2 N–H and O–H groups in total. The summed E-state index contributed by atoms with van der Waals surface area (Å²) in [5.41, 5.74) is 0.733. The van der Waals surface area contributed by atoms with Crippen LogP contribution in [0.2, 0.25) is 0 Å². The zero-order chi connectivity index (χ0) is 13.8. The van der Waals surface area contributed by atoms with Gasteiger partial charge in [-0.25, -0.2) is 0 Å². The maximum Gasteiger partial charge on any atom is 0.261 e. The van der Waals surface area contributed by atoms with E-state index in [4.69, 9.17) is 15.9 Å². The monoisotopic (exact) mass is 261 g/mol. The molecule has 2 rings (SSSR count). The van der Waals surface area contributed by atoms with Crippen LogP contribution in [0.3, 0.4) is 0 Å². The first-order valence-corrected chi connectivity index (χ1v) is 5.94. The van der Waals surface area contributed by atoms with Crippen molar-refractivity contribution in [2.45, 2.75) is 19.1 Å². The van der Waals surface area contributed by atoms with Gasteiger partial charge in [0.05, 0.1) is 6.54 Å². The van der Waals surface area contributed by atoms with E-state index in [9.17, 15) is 9.90 Å². The molecule has 0 radical (unpaired) electrons. The van der Waals surface area contributed by atoms with Crippen molar-refractivity contribution < 1.29 is 19.4 Å². The third-order valence-corrected chi connectivity index (χ3v) is 2.79. The Kier molecular flexibility index (Phi) is 3.93. The number of ether oxygens (including phenoxy) is 2. The average molecular weight is 261 g/mol. The van der Waals surface area contributed by atoms with Crippen LogP contribution in [-0.4, -0.2) is 30.3 Å². The molecule has 0 saturated carbocycles. The van der Waals surface area contributed by atoms with Crippen LogP contribution in [0.5, 0.6) is 11.5 Å². The van der Waals surface area contributed by atoms with Crippen LogP contribution in [0.25, 0.3) is 0 Å². The number of fused-ring (bicyclic) bond motifs is 1. The van der Waals surface area contributed by atoms with E-state index < -0.39 is 12.2 Å². The Labute approximate surface area is 111 Å². The van der Waals surface area contributed by atoms with Crippen molar-refractivity contribution in [2.24, 2.45) is 0 Å². The summed E-state index contributed by atoms with van der Waals surface area (Å²) >= 11 is 0. The van der Waals surface area contributed by atoms with Crippen molar-refractivity contribution in [3.05, 3.63) is 23.8 Å². The van der Waals surface area contributed by atoms with Gasteiger partial charge in [-0.3, -0.25) is 4.79 Å². The van der Waals surface area contributed by atoms with Crippen LogP contribution in [0.4, 0.5) is 0 Å². The molecule has 1 amide bonds. The molecule has 0 fully saturated rings. The van der Waals surface area contributed by atoms with Crippen LogP contribution in [0.15, 0.2) is 18.2 Å². The molecule has 0 saturated heterocycles. The molecule has 0 aliphatic carbocycles. The number of nitrogens with one attached hydrogen (secondary N) is 1. The molecular weight excluding hydrogens is 246 g/mol. The highest BCUT2D eigenvalue weighted by Gasteiger charge is 2.23. The molecule has 0 spiro atoms. The lowest BCUT2D eigenvalue weighted by molar-refractivity contribution is -0.127. The van der Waals surface area contributed by atoms with Gasteiger partial charge in [-0.2, -0.15) is 0 Å². The van der Waals surface area contributed by atoms with Crippen molar-refractivity contribution in [3.8, 4) is 23.8 Å². The molecule has 2 atom stereocenters. The third-order valence-electron chi connectivity index (χ3n) is 2.79. The highest BCUT2D eigenvalue weighted by Crippen LogP contribution is 2.35. The Bertz CT molecular complexity index is 521. The van der Waals surface area contributed by atoms with Gasteiger partial charge in [0.2, 0.25) is 0 Å². The number of hydrogen-bond donors (Lipinski definition) is 2. The molecule has 1 heterocycles.